The molecular weight excluding hydrogens is 268 g/mol. The summed E-state index contributed by atoms with van der Waals surface area (Å²) in [4.78, 5) is 5.35. The van der Waals surface area contributed by atoms with E-state index in [9.17, 15) is 5.11 Å². The maximum Gasteiger partial charge on any atom is 0.108 e. The highest BCUT2D eigenvalue weighted by atomic mass is 16.5. The van der Waals surface area contributed by atoms with Crippen molar-refractivity contribution < 1.29 is 14.6 Å². The first-order valence-electron chi connectivity index (χ1n) is 7.24. The second-order valence-corrected chi connectivity index (χ2v) is 5.68. The number of aliphatic hydroxyl groups excluding tert-OH is 1. The molecule has 2 aromatic rings. The van der Waals surface area contributed by atoms with Gasteiger partial charge in [0.2, 0.25) is 0 Å². The average Bonchev–Trinajstić information content (AvgIpc) is 2.95. The van der Waals surface area contributed by atoms with E-state index in [-0.39, 0.29) is 12.1 Å². The minimum Gasteiger partial charge on any atom is -0.389 e. The first-order chi connectivity index (χ1) is 10.2. The van der Waals surface area contributed by atoms with E-state index >= 15 is 0 Å². The molecule has 1 aliphatic heterocycles. The van der Waals surface area contributed by atoms with Crippen molar-refractivity contribution >= 4 is 10.9 Å². The number of fused-ring (bicyclic) bond motifs is 1. The van der Waals surface area contributed by atoms with Gasteiger partial charge in [-0.25, -0.2) is 0 Å². The van der Waals surface area contributed by atoms with Crippen molar-refractivity contribution in [2.24, 2.45) is 0 Å². The number of rotatable bonds is 4. The van der Waals surface area contributed by atoms with Crippen molar-refractivity contribution in [2.75, 3.05) is 27.4 Å². The molecule has 2 heterocycles. The average molecular weight is 290 g/mol. The number of benzene rings is 1. The molecular formula is C16H22N2O3. The van der Waals surface area contributed by atoms with E-state index in [1.807, 2.05) is 13.2 Å². The van der Waals surface area contributed by atoms with Crippen LogP contribution in [0.1, 0.15) is 5.56 Å². The Kier molecular flexibility index (Phi) is 4.26. The molecule has 2 N–H and O–H groups in total. The molecule has 1 aromatic heterocycles. The fraction of sp³-hybridized carbons (Fsp3) is 0.500. The minimum atomic E-state index is -0.525. The van der Waals surface area contributed by atoms with Crippen molar-refractivity contribution in [1.82, 2.24) is 9.88 Å². The third-order valence-corrected chi connectivity index (χ3v) is 4.27. The molecule has 0 saturated carbocycles. The molecule has 5 heteroatoms. The highest BCUT2D eigenvalue weighted by Crippen LogP contribution is 2.20. The van der Waals surface area contributed by atoms with Gasteiger partial charge in [-0.1, -0.05) is 12.1 Å². The SMILES string of the molecule is CO[C@@H]1COC[C@@H](N(C)Cc2ccc3cc[nH]c3c2)[C@@H]1O. The number of aromatic amines is 1. The molecule has 1 saturated heterocycles. The van der Waals surface area contributed by atoms with Crippen molar-refractivity contribution in [1.29, 1.82) is 0 Å². The van der Waals surface area contributed by atoms with Crippen LogP contribution >= 0.6 is 0 Å². The summed E-state index contributed by atoms with van der Waals surface area (Å²) in [5.41, 5.74) is 2.34. The van der Waals surface area contributed by atoms with E-state index in [0.717, 1.165) is 12.1 Å². The van der Waals surface area contributed by atoms with Gasteiger partial charge in [0.1, 0.15) is 12.2 Å². The van der Waals surface area contributed by atoms with Gasteiger partial charge in [0.15, 0.2) is 0 Å². The number of nitrogens with one attached hydrogen (secondary N) is 1. The van der Waals surface area contributed by atoms with Crippen molar-refractivity contribution in [3.63, 3.8) is 0 Å². The lowest BCUT2D eigenvalue weighted by Gasteiger charge is -2.39. The molecule has 114 valence electrons. The van der Waals surface area contributed by atoms with Gasteiger partial charge in [0, 0.05) is 25.4 Å². The number of likely N-dealkylation sites (N-methyl/N-ethyl adjacent to an activating group) is 1. The number of aliphatic hydroxyl groups is 1. The van der Waals surface area contributed by atoms with Crippen LogP contribution in [0.2, 0.25) is 0 Å². The number of nitrogens with zero attached hydrogens (tertiary/aromatic N) is 1. The van der Waals surface area contributed by atoms with Gasteiger partial charge < -0.3 is 19.6 Å². The molecule has 1 fully saturated rings. The monoisotopic (exact) mass is 290 g/mol. The highest BCUT2D eigenvalue weighted by molar-refractivity contribution is 5.79. The molecule has 0 bridgehead atoms. The predicted octanol–water partition coefficient (Wildman–Crippen LogP) is 1.37. The number of aromatic nitrogens is 1. The van der Waals surface area contributed by atoms with E-state index in [4.69, 9.17) is 9.47 Å². The van der Waals surface area contributed by atoms with Crippen LogP contribution in [0.5, 0.6) is 0 Å². The first kappa shape index (κ1) is 14.5. The molecule has 0 unspecified atom stereocenters. The molecule has 3 atom stereocenters. The van der Waals surface area contributed by atoms with Gasteiger partial charge in [-0.3, -0.25) is 4.90 Å². The Bertz CT molecular complexity index is 598. The van der Waals surface area contributed by atoms with Gasteiger partial charge in [-0.2, -0.15) is 0 Å². The minimum absolute atomic E-state index is 0.0527. The number of hydrogen-bond donors (Lipinski definition) is 2. The summed E-state index contributed by atoms with van der Waals surface area (Å²) in [7, 11) is 3.62. The lowest BCUT2D eigenvalue weighted by atomic mass is 10.0. The molecule has 0 spiro atoms. The van der Waals surface area contributed by atoms with E-state index in [2.05, 4.69) is 34.1 Å². The molecule has 0 amide bonds. The first-order valence-corrected chi connectivity index (χ1v) is 7.24. The number of ether oxygens (including phenoxy) is 2. The van der Waals surface area contributed by atoms with E-state index in [1.165, 1.54) is 10.9 Å². The van der Waals surface area contributed by atoms with Gasteiger partial charge in [0.25, 0.3) is 0 Å². The summed E-state index contributed by atoms with van der Waals surface area (Å²) in [5.74, 6) is 0. The van der Waals surface area contributed by atoms with Gasteiger partial charge in [-0.15, -0.1) is 0 Å². The molecule has 0 radical (unpaired) electrons. The topological polar surface area (TPSA) is 57.7 Å². The predicted molar refractivity (Wildman–Crippen MR) is 81.2 cm³/mol. The zero-order chi connectivity index (χ0) is 14.8. The fourth-order valence-corrected chi connectivity index (χ4v) is 2.94. The Morgan fingerprint density at radius 1 is 1.38 bits per heavy atom. The second kappa shape index (κ2) is 6.15. The van der Waals surface area contributed by atoms with Crippen LogP contribution in [0.25, 0.3) is 10.9 Å². The molecule has 1 aromatic carbocycles. The molecule has 5 nitrogen and oxygen atoms in total. The molecule has 0 aliphatic carbocycles. The highest BCUT2D eigenvalue weighted by Gasteiger charge is 2.35. The van der Waals surface area contributed by atoms with Crippen LogP contribution < -0.4 is 0 Å². The maximum absolute atomic E-state index is 10.4. The Hall–Kier alpha value is -1.40. The summed E-state index contributed by atoms with van der Waals surface area (Å²) in [5, 5.41) is 11.6. The van der Waals surface area contributed by atoms with Crippen molar-refractivity contribution in [3.05, 3.63) is 36.0 Å². The third-order valence-electron chi connectivity index (χ3n) is 4.27. The Morgan fingerprint density at radius 3 is 3.05 bits per heavy atom. The molecule has 1 aliphatic rings. The summed E-state index contributed by atoms with van der Waals surface area (Å²) in [6.45, 7) is 1.75. The normalized spacial score (nSPS) is 26.6. The molecule has 21 heavy (non-hydrogen) atoms. The number of methoxy groups -OCH3 is 1. The Labute approximate surface area is 124 Å². The van der Waals surface area contributed by atoms with Gasteiger partial charge >= 0.3 is 0 Å². The zero-order valence-corrected chi connectivity index (χ0v) is 12.5. The van der Waals surface area contributed by atoms with Crippen LogP contribution in [0, 0.1) is 0 Å². The third kappa shape index (κ3) is 2.96. The maximum atomic E-state index is 10.4. The van der Waals surface area contributed by atoms with E-state index in [0.29, 0.717) is 13.2 Å². The quantitative estimate of drug-likeness (QED) is 0.893. The van der Waals surface area contributed by atoms with Gasteiger partial charge in [0.05, 0.1) is 19.3 Å². The van der Waals surface area contributed by atoms with E-state index in [1.54, 1.807) is 7.11 Å². The number of hydrogen-bond acceptors (Lipinski definition) is 4. The van der Waals surface area contributed by atoms with Crippen LogP contribution in [0.4, 0.5) is 0 Å². The standard InChI is InChI=1S/C16H22N2O3/c1-18(14-9-21-10-15(20-2)16(14)19)8-11-3-4-12-5-6-17-13(12)7-11/h3-7,14-17,19H,8-10H2,1-2H3/t14-,15-,16+/m1/s1. The largest absolute Gasteiger partial charge is 0.389 e. The second-order valence-electron chi connectivity index (χ2n) is 5.68. The Morgan fingerprint density at radius 2 is 2.24 bits per heavy atom. The van der Waals surface area contributed by atoms with E-state index < -0.39 is 6.10 Å². The fourth-order valence-electron chi connectivity index (χ4n) is 2.94. The lowest BCUT2D eigenvalue weighted by Crippen LogP contribution is -2.55. The van der Waals surface area contributed by atoms with Crippen LogP contribution in [0.15, 0.2) is 30.5 Å². The number of H-pyrrole nitrogens is 1. The van der Waals surface area contributed by atoms with Crippen LogP contribution in [0.3, 0.4) is 0 Å². The van der Waals surface area contributed by atoms with Crippen LogP contribution in [-0.2, 0) is 16.0 Å². The molecule has 3 rings (SSSR count). The van der Waals surface area contributed by atoms with Crippen molar-refractivity contribution in [3.8, 4) is 0 Å². The lowest BCUT2D eigenvalue weighted by molar-refractivity contribution is -0.142. The smallest absolute Gasteiger partial charge is 0.108 e. The summed E-state index contributed by atoms with van der Waals surface area (Å²) in [6.07, 6.45) is 1.17. The summed E-state index contributed by atoms with van der Waals surface area (Å²) in [6, 6.07) is 8.39. The van der Waals surface area contributed by atoms with Crippen molar-refractivity contribution in [2.45, 2.75) is 24.8 Å². The van der Waals surface area contributed by atoms with Gasteiger partial charge in [-0.05, 0) is 30.1 Å². The zero-order valence-electron chi connectivity index (χ0n) is 12.5. The summed E-state index contributed by atoms with van der Waals surface area (Å²) < 4.78 is 10.8. The Balaban J connectivity index is 1.71. The van der Waals surface area contributed by atoms with Crippen LogP contribution in [-0.4, -0.2) is 60.6 Å². The summed E-state index contributed by atoms with van der Waals surface area (Å²) >= 11 is 0.